The second-order valence-electron chi connectivity index (χ2n) is 6.98. The van der Waals surface area contributed by atoms with Gasteiger partial charge < -0.3 is 24.4 Å². The van der Waals surface area contributed by atoms with Gasteiger partial charge >= 0.3 is 0 Å². The number of aliphatic imine (C=N–C) groups is 1. The van der Waals surface area contributed by atoms with Crippen LogP contribution in [0.2, 0.25) is 0 Å². The Morgan fingerprint density at radius 3 is 2.79 bits per heavy atom. The topological polar surface area (TPSA) is 55.3 Å². The largest absolute Gasteiger partial charge is 0.493 e. The molecule has 0 spiro atoms. The number of ether oxygens (including phenoxy) is 3. The molecule has 6 heteroatoms. The molecular weight excluding hydrogens is 366 g/mol. The van der Waals surface area contributed by atoms with E-state index in [1.54, 1.807) is 7.11 Å². The number of hydrogen-bond donors (Lipinski definition) is 1. The molecule has 0 radical (unpaired) electrons. The summed E-state index contributed by atoms with van der Waals surface area (Å²) in [7, 11) is 3.47. The molecule has 1 aliphatic heterocycles. The lowest BCUT2D eigenvalue weighted by atomic mass is 10.0. The van der Waals surface area contributed by atoms with Crippen LogP contribution in [0.15, 0.2) is 47.5 Å². The molecule has 1 fully saturated rings. The first-order valence-electron chi connectivity index (χ1n) is 10.1. The fourth-order valence-corrected chi connectivity index (χ4v) is 3.59. The van der Waals surface area contributed by atoms with E-state index in [1.165, 1.54) is 11.1 Å². The van der Waals surface area contributed by atoms with Crippen LogP contribution in [0.4, 0.5) is 0 Å². The lowest BCUT2D eigenvalue weighted by Crippen LogP contribution is -2.48. The standard InChI is InChI=1S/C23H31N3O3/c1-5-28-21-14-18(10-11-20(21)27-4)15-25-23(24-3)26-12-13-29-22(16-26)19-9-7-6-8-17(19)2/h6-11,14,22H,5,12-13,15-16H2,1-4H3,(H,24,25). The van der Waals surface area contributed by atoms with Gasteiger partial charge in [0.1, 0.15) is 6.10 Å². The van der Waals surface area contributed by atoms with Crippen LogP contribution in [0.3, 0.4) is 0 Å². The molecule has 0 aliphatic carbocycles. The SMILES string of the molecule is CCOc1cc(CNC(=NC)N2CCOC(c3ccccc3C)C2)ccc1OC. The molecule has 1 N–H and O–H groups in total. The third-order valence-corrected chi connectivity index (χ3v) is 5.09. The third-order valence-electron chi connectivity index (χ3n) is 5.09. The fourth-order valence-electron chi connectivity index (χ4n) is 3.59. The summed E-state index contributed by atoms with van der Waals surface area (Å²) in [5.74, 6) is 2.38. The van der Waals surface area contributed by atoms with Gasteiger partial charge in [0.15, 0.2) is 17.5 Å². The highest BCUT2D eigenvalue weighted by Gasteiger charge is 2.25. The zero-order valence-corrected chi connectivity index (χ0v) is 17.8. The number of benzene rings is 2. The first-order chi connectivity index (χ1) is 14.2. The van der Waals surface area contributed by atoms with Crippen molar-refractivity contribution in [3.8, 4) is 11.5 Å². The molecule has 156 valence electrons. The molecule has 6 nitrogen and oxygen atoms in total. The molecule has 0 bridgehead atoms. The van der Waals surface area contributed by atoms with Crippen molar-refractivity contribution in [1.29, 1.82) is 0 Å². The van der Waals surface area contributed by atoms with Crippen LogP contribution in [0.1, 0.15) is 29.7 Å². The highest BCUT2D eigenvalue weighted by atomic mass is 16.5. The van der Waals surface area contributed by atoms with Crippen molar-refractivity contribution >= 4 is 5.96 Å². The van der Waals surface area contributed by atoms with E-state index in [0.717, 1.165) is 36.1 Å². The molecule has 1 unspecified atom stereocenters. The number of nitrogens with zero attached hydrogens (tertiary/aromatic N) is 2. The van der Waals surface area contributed by atoms with Crippen LogP contribution in [-0.4, -0.2) is 51.3 Å². The number of morpholine rings is 1. The highest BCUT2D eigenvalue weighted by molar-refractivity contribution is 5.80. The lowest BCUT2D eigenvalue weighted by molar-refractivity contribution is -0.00833. The average Bonchev–Trinajstić information content (AvgIpc) is 2.75. The van der Waals surface area contributed by atoms with Gasteiger partial charge in [0.05, 0.1) is 26.9 Å². The Hall–Kier alpha value is -2.73. The number of hydrogen-bond acceptors (Lipinski definition) is 4. The van der Waals surface area contributed by atoms with Gasteiger partial charge in [0, 0.05) is 20.1 Å². The van der Waals surface area contributed by atoms with Crippen molar-refractivity contribution < 1.29 is 14.2 Å². The molecule has 0 amide bonds. The van der Waals surface area contributed by atoms with Crippen molar-refractivity contribution in [2.75, 3.05) is 40.5 Å². The molecule has 3 rings (SSSR count). The summed E-state index contributed by atoms with van der Waals surface area (Å²) in [4.78, 5) is 6.75. The first kappa shape index (κ1) is 21.0. The maximum atomic E-state index is 6.05. The molecule has 1 aliphatic rings. The van der Waals surface area contributed by atoms with E-state index in [4.69, 9.17) is 14.2 Å². The minimum atomic E-state index is 0.0500. The van der Waals surface area contributed by atoms with Crippen LogP contribution in [0, 0.1) is 6.92 Å². The summed E-state index contributed by atoms with van der Waals surface area (Å²) in [5.41, 5.74) is 3.60. The maximum Gasteiger partial charge on any atom is 0.194 e. The van der Waals surface area contributed by atoms with E-state index in [-0.39, 0.29) is 6.10 Å². The number of guanidine groups is 1. The van der Waals surface area contributed by atoms with Gasteiger partial charge in [-0.05, 0) is 42.7 Å². The van der Waals surface area contributed by atoms with Crippen molar-refractivity contribution in [3.63, 3.8) is 0 Å². The zero-order chi connectivity index (χ0) is 20.6. The predicted octanol–water partition coefficient (Wildman–Crippen LogP) is 3.55. The number of nitrogens with one attached hydrogen (secondary N) is 1. The molecule has 1 heterocycles. The second-order valence-corrected chi connectivity index (χ2v) is 6.98. The van der Waals surface area contributed by atoms with Gasteiger partial charge in [-0.3, -0.25) is 4.99 Å². The van der Waals surface area contributed by atoms with E-state index in [2.05, 4.69) is 46.4 Å². The quantitative estimate of drug-likeness (QED) is 0.597. The van der Waals surface area contributed by atoms with Crippen LogP contribution < -0.4 is 14.8 Å². The van der Waals surface area contributed by atoms with Crippen molar-refractivity contribution in [1.82, 2.24) is 10.2 Å². The molecule has 29 heavy (non-hydrogen) atoms. The molecule has 2 aromatic carbocycles. The Bertz CT molecular complexity index is 838. The van der Waals surface area contributed by atoms with Crippen LogP contribution in [-0.2, 0) is 11.3 Å². The Balaban J connectivity index is 1.66. The van der Waals surface area contributed by atoms with Gasteiger partial charge in [-0.25, -0.2) is 0 Å². The maximum absolute atomic E-state index is 6.05. The van der Waals surface area contributed by atoms with Gasteiger partial charge in [-0.2, -0.15) is 0 Å². The van der Waals surface area contributed by atoms with Crippen LogP contribution in [0.5, 0.6) is 11.5 Å². The van der Waals surface area contributed by atoms with E-state index < -0.39 is 0 Å². The minimum Gasteiger partial charge on any atom is -0.493 e. The summed E-state index contributed by atoms with van der Waals surface area (Å²) in [6.07, 6.45) is 0.0500. The summed E-state index contributed by atoms with van der Waals surface area (Å²) in [5, 5.41) is 3.47. The van der Waals surface area contributed by atoms with E-state index in [0.29, 0.717) is 19.8 Å². The smallest absolute Gasteiger partial charge is 0.194 e. The third kappa shape index (κ3) is 5.21. The normalized spacial score (nSPS) is 17.2. The Labute approximate surface area is 173 Å². The second kappa shape index (κ2) is 10.2. The molecule has 0 saturated carbocycles. The summed E-state index contributed by atoms with van der Waals surface area (Å²) < 4.78 is 17.1. The fraction of sp³-hybridized carbons (Fsp3) is 0.435. The number of methoxy groups -OCH3 is 1. The first-order valence-corrected chi connectivity index (χ1v) is 10.1. The summed E-state index contributed by atoms with van der Waals surface area (Å²) >= 11 is 0. The van der Waals surface area contributed by atoms with Crippen molar-refractivity contribution in [2.45, 2.75) is 26.5 Å². The molecule has 0 aromatic heterocycles. The average molecular weight is 398 g/mol. The van der Waals surface area contributed by atoms with Gasteiger partial charge in [0.25, 0.3) is 0 Å². The van der Waals surface area contributed by atoms with E-state index in [1.807, 2.05) is 32.2 Å². The number of aryl methyl sites for hydroxylation is 1. The Kier molecular flexibility index (Phi) is 7.36. The predicted molar refractivity (Wildman–Crippen MR) is 116 cm³/mol. The number of rotatable bonds is 6. The summed E-state index contributed by atoms with van der Waals surface area (Å²) in [6, 6.07) is 14.4. The van der Waals surface area contributed by atoms with Crippen LogP contribution in [0.25, 0.3) is 0 Å². The Morgan fingerprint density at radius 2 is 2.07 bits per heavy atom. The van der Waals surface area contributed by atoms with Gasteiger partial charge in [-0.1, -0.05) is 30.3 Å². The molecule has 1 atom stereocenters. The van der Waals surface area contributed by atoms with Crippen LogP contribution >= 0.6 is 0 Å². The van der Waals surface area contributed by atoms with Gasteiger partial charge in [-0.15, -0.1) is 0 Å². The van der Waals surface area contributed by atoms with E-state index >= 15 is 0 Å². The zero-order valence-electron chi connectivity index (χ0n) is 17.8. The molecule has 1 saturated heterocycles. The molecular formula is C23H31N3O3. The molecule has 2 aromatic rings. The van der Waals surface area contributed by atoms with Crippen molar-refractivity contribution in [3.05, 3.63) is 59.2 Å². The van der Waals surface area contributed by atoms with Gasteiger partial charge in [0.2, 0.25) is 0 Å². The monoisotopic (exact) mass is 397 g/mol. The minimum absolute atomic E-state index is 0.0500. The Morgan fingerprint density at radius 1 is 1.24 bits per heavy atom. The van der Waals surface area contributed by atoms with E-state index in [9.17, 15) is 0 Å². The highest BCUT2D eigenvalue weighted by Crippen LogP contribution is 2.28. The summed E-state index contributed by atoms with van der Waals surface area (Å²) in [6.45, 7) is 7.62. The lowest BCUT2D eigenvalue weighted by Gasteiger charge is -2.35. The van der Waals surface area contributed by atoms with Crippen molar-refractivity contribution in [2.24, 2.45) is 4.99 Å².